The molecule has 3 amide bonds. The third-order valence-electron chi connectivity index (χ3n) is 5.21. The van der Waals surface area contributed by atoms with Crippen LogP contribution in [0.1, 0.15) is 31.4 Å². The average Bonchev–Trinajstić information content (AvgIpc) is 2.98. The number of anilines is 2. The molecule has 2 aromatic carbocycles. The van der Waals surface area contributed by atoms with E-state index in [9.17, 15) is 19.2 Å². The van der Waals surface area contributed by atoms with Crippen molar-refractivity contribution in [3.8, 4) is 0 Å². The van der Waals surface area contributed by atoms with Gasteiger partial charge in [-0.25, -0.2) is 4.79 Å². The average molecular weight is 453 g/mol. The van der Waals surface area contributed by atoms with Gasteiger partial charge in [0, 0.05) is 11.3 Å². The van der Waals surface area contributed by atoms with Crippen molar-refractivity contribution < 1.29 is 28.7 Å². The van der Waals surface area contributed by atoms with E-state index in [1.54, 1.807) is 50.2 Å². The van der Waals surface area contributed by atoms with Crippen molar-refractivity contribution in [2.24, 2.45) is 0 Å². The predicted molar refractivity (Wildman–Crippen MR) is 122 cm³/mol. The molecule has 1 unspecified atom stereocenters. The van der Waals surface area contributed by atoms with Gasteiger partial charge in [-0.15, -0.1) is 0 Å². The Morgan fingerprint density at radius 3 is 2.24 bits per heavy atom. The van der Waals surface area contributed by atoms with Crippen LogP contribution in [0.4, 0.5) is 16.2 Å². The number of carbonyl (C=O) groups excluding carboxylic acids is 4. The van der Waals surface area contributed by atoms with Gasteiger partial charge in [0.25, 0.3) is 5.91 Å². The fourth-order valence-corrected chi connectivity index (χ4v) is 3.78. The summed E-state index contributed by atoms with van der Waals surface area (Å²) < 4.78 is 10.1. The van der Waals surface area contributed by atoms with Gasteiger partial charge in [0.2, 0.25) is 0 Å². The Hall–Kier alpha value is -3.88. The number of esters is 2. The first kappa shape index (κ1) is 23.8. The number of amides is 3. The van der Waals surface area contributed by atoms with Crippen LogP contribution in [0, 0.1) is 6.92 Å². The van der Waals surface area contributed by atoms with Crippen molar-refractivity contribution in [1.82, 2.24) is 5.32 Å². The van der Waals surface area contributed by atoms with Crippen LogP contribution in [-0.2, 0) is 29.4 Å². The van der Waals surface area contributed by atoms with Crippen LogP contribution in [-0.4, -0.2) is 43.6 Å². The molecule has 2 N–H and O–H groups in total. The highest BCUT2D eigenvalue weighted by atomic mass is 16.5. The van der Waals surface area contributed by atoms with E-state index >= 15 is 0 Å². The van der Waals surface area contributed by atoms with E-state index in [1.165, 1.54) is 4.90 Å². The van der Waals surface area contributed by atoms with Crippen molar-refractivity contribution in [3.63, 3.8) is 0 Å². The van der Waals surface area contributed by atoms with Gasteiger partial charge in [-0.1, -0.05) is 35.9 Å². The van der Waals surface area contributed by atoms with Gasteiger partial charge in [-0.2, -0.15) is 0 Å². The van der Waals surface area contributed by atoms with Gasteiger partial charge in [-0.05, 0) is 39.0 Å². The van der Waals surface area contributed by atoms with Crippen LogP contribution < -0.4 is 15.5 Å². The van der Waals surface area contributed by atoms with Crippen molar-refractivity contribution >= 4 is 35.3 Å². The van der Waals surface area contributed by atoms with E-state index < -0.39 is 35.8 Å². The Kier molecular flexibility index (Phi) is 7.32. The molecule has 3 rings (SSSR count). The first-order valence-electron chi connectivity index (χ1n) is 10.7. The van der Waals surface area contributed by atoms with E-state index in [4.69, 9.17) is 9.47 Å². The molecule has 2 aromatic rings. The van der Waals surface area contributed by atoms with Crippen molar-refractivity contribution in [1.29, 1.82) is 0 Å². The number of ether oxygens (including phenoxy) is 2. The van der Waals surface area contributed by atoms with Gasteiger partial charge in [0.05, 0.1) is 25.3 Å². The molecule has 0 fully saturated rings. The lowest BCUT2D eigenvalue weighted by atomic mass is 9.87. The first-order chi connectivity index (χ1) is 15.8. The fraction of sp³-hybridized carbons (Fsp3) is 0.333. The summed E-state index contributed by atoms with van der Waals surface area (Å²) >= 11 is 0. The third-order valence-corrected chi connectivity index (χ3v) is 5.21. The van der Waals surface area contributed by atoms with Gasteiger partial charge in [0.1, 0.15) is 6.54 Å². The van der Waals surface area contributed by atoms with Crippen LogP contribution in [0.3, 0.4) is 0 Å². The summed E-state index contributed by atoms with van der Waals surface area (Å²) in [5, 5.41) is 5.38. The largest absolute Gasteiger partial charge is 0.466 e. The number of hydrogen-bond donors (Lipinski definition) is 2. The highest BCUT2D eigenvalue weighted by Gasteiger charge is 2.54. The summed E-state index contributed by atoms with van der Waals surface area (Å²) in [4.78, 5) is 52.5. The number of aryl methyl sites for hydroxylation is 1. The minimum Gasteiger partial charge on any atom is -0.466 e. The molecule has 0 radical (unpaired) electrons. The summed E-state index contributed by atoms with van der Waals surface area (Å²) in [7, 11) is 0. The molecule has 33 heavy (non-hydrogen) atoms. The quantitative estimate of drug-likeness (QED) is 0.594. The molecule has 1 aliphatic rings. The Balaban J connectivity index is 1.98. The number of hydrogen-bond acceptors (Lipinski definition) is 6. The zero-order valence-electron chi connectivity index (χ0n) is 18.8. The smallest absolute Gasteiger partial charge is 0.326 e. The number of rotatable bonds is 8. The molecule has 9 nitrogen and oxygen atoms in total. The molecule has 0 saturated carbocycles. The zero-order valence-corrected chi connectivity index (χ0v) is 18.8. The summed E-state index contributed by atoms with van der Waals surface area (Å²) in [6.45, 7) is 5.17. The number of nitrogens with zero attached hydrogens (tertiary/aromatic N) is 1. The number of nitrogens with one attached hydrogen (secondary N) is 2. The second kappa shape index (κ2) is 10.2. The minimum atomic E-state index is -1.75. The van der Waals surface area contributed by atoms with Crippen LogP contribution in [0.15, 0.2) is 48.5 Å². The zero-order chi connectivity index (χ0) is 24.0. The maximum Gasteiger partial charge on any atom is 0.326 e. The molecule has 9 heteroatoms. The normalized spacial score (nSPS) is 16.7. The Morgan fingerprint density at radius 1 is 0.939 bits per heavy atom. The van der Waals surface area contributed by atoms with E-state index in [-0.39, 0.29) is 19.8 Å². The molecule has 1 atom stereocenters. The number of carbonyl (C=O) groups is 4. The maximum atomic E-state index is 13.7. The molecule has 1 aliphatic heterocycles. The standard InChI is InChI=1S/C24H27N3O6/c1-4-32-20(28)14-24(26-23(31)25-17-12-10-16(3)11-13-17)18-8-6-7-9-19(18)27(22(24)30)15-21(29)33-5-2/h6-13H,4-5,14-15H2,1-3H3,(H2,25,26,31). The summed E-state index contributed by atoms with van der Waals surface area (Å²) in [5.41, 5.74) is 0.604. The second-order valence-corrected chi connectivity index (χ2v) is 7.55. The topological polar surface area (TPSA) is 114 Å². The second-order valence-electron chi connectivity index (χ2n) is 7.55. The summed E-state index contributed by atoms with van der Waals surface area (Å²) in [6, 6.07) is 13.1. The van der Waals surface area contributed by atoms with Gasteiger partial charge in [0.15, 0.2) is 5.54 Å². The molecule has 0 spiro atoms. The lowest BCUT2D eigenvalue weighted by Crippen LogP contribution is -2.56. The predicted octanol–water partition coefficient (Wildman–Crippen LogP) is 2.87. The Bertz CT molecular complexity index is 1050. The molecule has 174 valence electrons. The molecule has 0 saturated heterocycles. The van der Waals surface area contributed by atoms with Crippen LogP contribution in [0.2, 0.25) is 0 Å². The van der Waals surface area contributed by atoms with Crippen molar-refractivity contribution in [2.75, 3.05) is 30.0 Å². The molecule has 0 aliphatic carbocycles. The molecular formula is C24H27N3O6. The fourth-order valence-electron chi connectivity index (χ4n) is 3.78. The summed E-state index contributed by atoms with van der Waals surface area (Å²) in [6.07, 6.45) is -0.433. The van der Waals surface area contributed by atoms with Crippen LogP contribution in [0.25, 0.3) is 0 Å². The number of urea groups is 1. The lowest BCUT2D eigenvalue weighted by molar-refractivity contribution is -0.147. The number of para-hydroxylation sites is 1. The highest BCUT2D eigenvalue weighted by Crippen LogP contribution is 2.42. The van der Waals surface area contributed by atoms with E-state index in [2.05, 4.69) is 10.6 Å². The van der Waals surface area contributed by atoms with Gasteiger partial charge in [-0.3, -0.25) is 19.3 Å². The van der Waals surface area contributed by atoms with E-state index in [1.807, 2.05) is 19.1 Å². The van der Waals surface area contributed by atoms with E-state index in [0.717, 1.165) is 5.56 Å². The monoisotopic (exact) mass is 453 g/mol. The van der Waals surface area contributed by atoms with Crippen molar-refractivity contribution in [2.45, 2.75) is 32.7 Å². The van der Waals surface area contributed by atoms with Gasteiger partial charge >= 0.3 is 18.0 Å². The summed E-state index contributed by atoms with van der Waals surface area (Å²) in [5.74, 6) is -1.88. The molecular weight excluding hydrogens is 426 g/mol. The lowest BCUT2D eigenvalue weighted by Gasteiger charge is -2.29. The minimum absolute atomic E-state index is 0.118. The number of benzene rings is 2. The Labute approximate surface area is 192 Å². The molecule has 1 heterocycles. The molecule has 0 bridgehead atoms. The first-order valence-corrected chi connectivity index (χ1v) is 10.7. The van der Waals surface area contributed by atoms with Crippen molar-refractivity contribution in [3.05, 3.63) is 59.7 Å². The highest BCUT2D eigenvalue weighted by molar-refractivity contribution is 6.13. The third kappa shape index (κ3) is 5.14. The SMILES string of the molecule is CCOC(=O)CN1C(=O)C(CC(=O)OCC)(NC(=O)Nc2ccc(C)cc2)c2ccccc21. The number of fused-ring (bicyclic) bond motifs is 1. The van der Waals surface area contributed by atoms with E-state index in [0.29, 0.717) is 16.9 Å². The van der Waals surface area contributed by atoms with Crippen LogP contribution >= 0.6 is 0 Å². The molecule has 0 aromatic heterocycles. The van der Waals surface area contributed by atoms with Crippen LogP contribution in [0.5, 0.6) is 0 Å². The van der Waals surface area contributed by atoms with Gasteiger partial charge < -0.3 is 20.1 Å². The maximum absolute atomic E-state index is 13.7. The Morgan fingerprint density at radius 2 is 1.58 bits per heavy atom.